The number of benzene rings is 1. The zero-order chi connectivity index (χ0) is 14.4. The lowest BCUT2D eigenvalue weighted by atomic mass is 10.1. The third-order valence-electron chi connectivity index (χ3n) is 2.75. The summed E-state index contributed by atoms with van der Waals surface area (Å²) in [7, 11) is 0. The van der Waals surface area contributed by atoms with E-state index in [0.717, 1.165) is 12.1 Å². The van der Waals surface area contributed by atoms with E-state index in [1.165, 1.54) is 6.07 Å². The van der Waals surface area contributed by atoms with Crippen LogP contribution in [0.2, 0.25) is 0 Å². The summed E-state index contributed by atoms with van der Waals surface area (Å²) in [5.74, 6) is -2.22. The van der Waals surface area contributed by atoms with Gasteiger partial charge in [0.25, 0.3) is 0 Å². The van der Waals surface area contributed by atoms with E-state index in [4.69, 9.17) is 10.8 Å². The van der Waals surface area contributed by atoms with E-state index in [1.807, 2.05) is 6.92 Å². The van der Waals surface area contributed by atoms with Crippen LogP contribution >= 0.6 is 0 Å². The van der Waals surface area contributed by atoms with Crippen molar-refractivity contribution in [2.75, 3.05) is 11.9 Å². The maximum absolute atomic E-state index is 13.4. The second-order valence-electron chi connectivity index (χ2n) is 4.43. The van der Waals surface area contributed by atoms with Crippen molar-refractivity contribution in [1.29, 1.82) is 0 Å². The molecule has 0 heterocycles. The molecule has 1 aromatic rings. The minimum Gasteiger partial charge on any atom is -0.478 e. The van der Waals surface area contributed by atoms with E-state index in [2.05, 4.69) is 5.32 Å². The smallest absolute Gasteiger partial charge is 0.338 e. The maximum Gasteiger partial charge on any atom is 0.338 e. The van der Waals surface area contributed by atoms with E-state index < -0.39 is 17.3 Å². The monoisotopic (exact) mass is 268 g/mol. The molecule has 1 amide bonds. The molecule has 0 bridgehead atoms. The SMILES string of the molecule is CC(CN)CCC(=O)Nc1ccc(C(=O)O)c(F)c1. The molecule has 6 heteroatoms. The van der Waals surface area contributed by atoms with Gasteiger partial charge in [0, 0.05) is 12.1 Å². The summed E-state index contributed by atoms with van der Waals surface area (Å²) in [5, 5.41) is 11.2. The number of halogens is 1. The Kier molecular flexibility index (Phi) is 5.44. The Morgan fingerprint density at radius 1 is 1.47 bits per heavy atom. The zero-order valence-corrected chi connectivity index (χ0v) is 10.6. The van der Waals surface area contributed by atoms with Crippen LogP contribution in [0, 0.1) is 11.7 Å². The molecule has 1 unspecified atom stereocenters. The van der Waals surface area contributed by atoms with Gasteiger partial charge >= 0.3 is 5.97 Å². The number of nitrogens with one attached hydrogen (secondary N) is 1. The third-order valence-corrected chi connectivity index (χ3v) is 2.75. The van der Waals surface area contributed by atoms with Gasteiger partial charge in [-0.1, -0.05) is 6.92 Å². The first-order valence-electron chi connectivity index (χ1n) is 5.96. The summed E-state index contributed by atoms with van der Waals surface area (Å²) in [4.78, 5) is 22.2. The van der Waals surface area contributed by atoms with Crippen LogP contribution in [-0.2, 0) is 4.79 Å². The molecule has 0 spiro atoms. The number of hydrogen-bond acceptors (Lipinski definition) is 3. The van der Waals surface area contributed by atoms with Crippen molar-refractivity contribution in [2.45, 2.75) is 19.8 Å². The van der Waals surface area contributed by atoms with E-state index >= 15 is 0 Å². The molecule has 5 nitrogen and oxygen atoms in total. The largest absolute Gasteiger partial charge is 0.478 e. The predicted octanol–water partition coefficient (Wildman–Crippen LogP) is 1.84. The molecule has 0 aliphatic carbocycles. The Morgan fingerprint density at radius 3 is 2.68 bits per heavy atom. The molecule has 1 atom stereocenters. The van der Waals surface area contributed by atoms with Crippen molar-refractivity contribution in [3.63, 3.8) is 0 Å². The Balaban J connectivity index is 2.60. The van der Waals surface area contributed by atoms with Gasteiger partial charge in [0.2, 0.25) is 5.91 Å². The minimum absolute atomic E-state index is 0.243. The Labute approximate surface area is 110 Å². The normalized spacial score (nSPS) is 11.9. The fraction of sp³-hybridized carbons (Fsp3) is 0.385. The fourth-order valence-corrected chi connectivity index (χ4v) is 1.49. The minimum atomic E-state index is -1.34. The van der Waals surface area contributed by atoms with E-state index in [-0.39, 0.29) is 17.5 Å². The molecule has 0 fully saturated rings. The zero-order valence-electron chi connectivity index (χ0n) is 10.6. The molecular formula is C13H17FN2O3. The average Bonchev–Trinajstić information content (AvgIpc) is 2.35. The summed E-state index contributed by atoms with van der Waals surface area (Å²) >= 11 is 0. The van der Waals surface area contributed by atoms with Crippen LogP contribution in [0.15, 0.2) is 18.2 Å². The molecule has 19 heavy (non-hydrogen) atoms. The maximum atomic E-state index is 13.4. The number of amides is 1. The van der Waals surface area contributed by atoms with Gasteiger partial charge in [0.15, 0.2) is 0 Å². The molecule has 0 aliphatic heterocycles. The van der Waals surface area contributed by atoms with E-state index in [9.17, 15) is 14.0 Å². The Hall–Kier alpha value is -1.95. The molecule has 0 radical (unpaired) electrons. The lowest BCUT2D eigenvalue weighted by Crippen LogP contribution is -2.16. The third kappa shape index (κ3) is 4.67. The number of carbonyl (C=O) groups is 2. The summed E-state index contributed by atoms with van der Waals surface area (Å²) in [6.45, 7) is 2.45. The van der Waals surface area contributed by atoms with Gasteiger partial charge < -0.3 is 16.2 Å². The van der Waals surface area contributed by atoms with Crippen LogP contribution in [0.3, 0.4) is 0 Å². The first-order chi connectivity index (χ1) is 8.93. The Morgan fingerprint density at radius 2 is 2.16 bits per heavy atom. The molecule has 1 rings (SSSR count). The highest BCUT2D eigenvalue weighted by atomic mass is 19.1. The van der Waals surface area contributed by atoms with Crippen molar-refractivity contribution in [1.82, 2.24) is 0 Å². The van der Waals surface area contributed by atoms with Gasteiger partial charge in [-0.05, 0) is 37.1 Å². The van der Waals surface area contributed by atoms with Gasteiger partial charge in [-0.3, -0.25) is 4.79 Å². The number of carboxylic acid groups (broad SMARTS) is 1. The number of aromatic carboxylic acids is 1. The molecule has 0 saturated heterocycles. The number of rotatable bonds is 6. The number of anilines is 1. The number of hydrogen-bond donors (Lipinski definition) is 3. The lowest BCUT2D eigenvalue weighted by Gasteiger charge is -2.09. The van der Waals surface area contributed by atoms with Crippen LogP contribution < -0.4 is 11.1 Å². The molecule has 4 N–H and O–H groups in total. The molecule has 0 aromatic heterocycles. The van der Waals surface area contributed by atoms with Gasteiger partial charge in [-0.2, -0.15) is 0 Å². The van der Waals surface area contributed by atoms with Crippen LogP contribution in [0.1, 0.15) is 30.1 Å². The summed E-state index contributed by atoms with van der Waals surface area (Å²) < 4.78 is 13.4. The van der Waals surface area contributed by atoms with Crippen LogP contribution in [-0.4, -0.2) is 23.5 Å². The van der Waals surface area contributed by atoms with Crippen LogP contribution in [0.4, 0.5) is 10.1 Å². The average molecular weight is 268 g/mol. The highest BCUT2D eigenvalue weighted by Gasteiger charge is 2.12. The van der Waals surface area contributed by atoms with Crippen LogP contribution in [0.5, 0.6) is 0 Å². The van der Waals surface area contributed by atoms with Crippen molar-refractivity contribution in [3.05, 3.63) is 29.6 Å². The highest BCUT2D eigenvalue weighted by molar-refractivity contribution is 5.92. The molecular weight excluding hydrogens is 251 g/mol. The quantitative estimate of drug-likeness (QED) is 0.734. The predicted molar refractivity (Wildman–Crippen MR) is 69.4 cm³/mol. The van der Waals surface area contributed by atoms with Crippen LogP contribution in [0.25, 0.3) is 0 Å². The standard InChI is InChI=1S/C13H17FN2O3/c1-8(7-15)2-5-12(17)16-9-3-4-10(13(18)19)11(14)6-9/h3-4,6,8H,2,5,7,15H2,1H3,(H,16,17)(H,18,19). The van der Waals surface area contributed by atoms with Gasteiger partial charge in [0.1, 0.15) is 5.82 Å². The van der Waals surface area contributed by atoms with E-state index in [1.54, 1.807) is 0 Å². The summed E-state index contributed by atoms with van der Waals surface area (Å²) in [6, 6.07) is 3.47. The molecule has 104 valence electrons. The van der Waals surface area contributed by atoms with Crippen molar-refractivity contribution in [2.24, 2.45) is 11.7 Å². The van der Waals surface area contributed by atoms with Gasteiger partial charge in [-0.25, -0.2) is 9.18 Å². The first-order valence-corrected chi connectivity index (χ1v) is 5.96. The second kappa shape index (κ2) is 6.84. The fourth-order valence-electron chi connectivity index (χ4n) is 1.49. The lowest BCUT2D eigenvalue weighted by molar-refractivity contribution is -0.116. The number of nitrogens with two attached hydrogens (primary N) is 1. The van der Waals surface area contributed by atoms with Crippen molar-refractivity contribution in [3.8, 4) is 0 Å². The summed E-state index contributed by atoms with van der Waals surface area (Å²) in [6.07, 6.45) is 0.943. The van der Waals surface area contributed by atoms with Crippen molar-refractivity contribution < 1.29 is 19.1 Å². The topological polar surface area (TPSA) is 92.4 Å². The first kappa shape index (κ1) is 15.1. The Bertz CT molecular complexity index is 477. The molecule has 0 saturated carbocycles. The summed E-state index contributed by atoms with van der Waals surface area (Å²) in [5.41, 5.74) is 5.26. The van der Waals surface area contributed by atoms with E-state index in [0.29, 0.717) is 19.4 Å². The number of carboxylic acids is 1. The second-order valence-corrected chi connectivity index (χ2v) is 4.43. The number of carbonyl (C=O) groups excluding carboxylic acids is 1. The van der Waals surface area contributed by atoms with Gasteiger partial charge in [-0.15, -0.1) is 0 Å². The van der Waals surface area contributed by atoms with Crippen molar-refractivity contribution >= 4 is 17.6 Å². The molecule has 0 aliphatic rings. The molecule has 1 aromatic carbocycles. The highest BCUT2D eigenvalue weighted by Crippen LogP contribution is 2.15. The van der Waals surface area contributed by atoms with Gasteiger partial charge in [0.05, 0.1) is 5.56 Å².